The maximum absolute atomic E-state index is 9.90. The average Bonchev–Trinajstić information content (AvgIpc) is 2.74. The van der Waals surface area contributed by atoms with Crippen molar-refractivity contribution in [2.24, 2.45) is 5.92 Å². The molecule has 88 valence electrons. The van der Waals surface area contributed by atoms with Crippen LogP contribution in [0.5, 0.6) is 0 Å². The minimum atomic E-state index is -0.0662. The molecule has 3 nitrogen and oxygen atoms in total. The van der Waals surface area contributed by atoms with Gasteiger partial charge in [0.15, 0.2) is 0 Å². The van der Waals surface area contributed by atoms with E-state index < -0.39 is 0 Å². The van der Waals surface area contributed by atoms with Gasteiger partial charge in [0, 0.05) is 19.2 Å². The SMILES string of the molecule is CN(CC1CCCCC1O)C1CCOC1. The lowest BCUT2D eigenvalue weighted by Gasteiger charge is -2.33. The van der Waals surface area contributed by atoms with Gasteiger partial charge in [0.1, 0.15) is 0 Å². The Labute approximate surface area is 92.4 Å². The summed E-state index contributed by atoms with van der Waals surface area (Å²) < 4.78 is 5.39. The molecule has 1 heterocycles. The molecule has 3 unspecified atom stereocenters. The smallest absolute Gasteiger partial charge is 0.0622 e. The molecule has 2 rings (SSSR count). The quantitative estimate of drug-likeness (QED) is 0.766. The fourth-order valence-electron chi connectivity index (χ4n) is 2.79. The summed E-state index contributed by atoms with van der Waals surface area (Å²) in [6, 6.07) is 0.583. The molecule has 1 N–H and O–H groups in total. The van der Waals surface area contributed by atoms with Crippen LogP contribution >= 0.6 is 0 Å². The van der Waals surface area contributed by atoms with Crippen LogP contribution in [-0.2, 0) is 4.74 Å². The largest absolute Gasteiger partial charge is 0.393 e. The Kier molecular flexibility index (Phi) is 4.00. The number of hydrogen-bond acceptors (Lipinski definition) is 3. The highest BCUT2D eigenvalue weighted by Crippen LogP contribution is 2.26. The Morgan fingerprint density at radius 1 is 1.27 bits per heavy atom. The highest BCUT2D eigenvalue weighted by atomic mass is 16.5. The van der Waals surface area contributed by atoms with Gasteiger partial charge in [0.25, 0.3) is 0 Å². The predicted molar refractivity (Wildman–Crippen MR) is 59.8 cm³/mol. The summed E-state index contributed by atoms with van der Waals surface area (Å²) in [6.45, 7) is 2.82. The van der Waals surface area contributed by atoms with Gasteiger partial charge in [-0.3, -0.25) is 0 Å². The van der Waals surface area contributed by atoms with E-state index in [-0.39, 0.29) is 6.10 Å². The van der Waals surface area contributed by atoms with E-state index in [9.17, 15) is 5.11 Å². The van der Waals surface area contributed by atoms with Crippen molar-refractivity contribution in [1.29, 1.82) is 0 Å². The number of ether oxygens (including phenoxy) is 1. The third-order valence-corrected chi connectivity index (χ3v) is 3.92. The van der Waals surface area contributed by atoms with Gasteiger partial charge in [-0.25, -0.2) is 0 Å². The van der Waals surface area contributed by atoms with Crippen molar-refractivity contribution in [3.05, 3.63) is 0 Å². The van der Waals surface area contributed by atoms with Gasteiger partial charge in [-0.15, -0.1) is 0 Å². The zero-order valence-electron chi connectivity index (χ0n) is 9.69. The van der Waals surface area contributed by atoms with Crippen molar-refractivity contribution < 1.29 is 9.84 Å². The highest BCUT2D eigenvalue weighted by molar-refractivity contribution is 4.80. The summed E-state index contributed by atoms with van der Waals surface area (Å²) >= 11 is 0. The molecule has 3 atom stereocenters. The Morgan fingerprint density at radius 2 is 2.07 bits per heavy atom. The first-order valence-corrected chi connectivity index (χ1v) is 6.23. The molecule has 0 radical (unpaired) electrons. The maximum Gasteiger partial charge on any atom is 0.0622 e. The average molecular weight is 213 g/mol. The second kappa shape index (κ2) is 5.28. The van der Waals surface area contributed by atoms with E-state index in [1.54, 1.807) is 0 Å². The standard InChI is InChI=1S/C12H23NO2/c1-13(11-6-7-15-9-11)8-10-4-2-3-5-12(10)14/h10-12,14H,2-9H2,1H3. The van der Waals surface area contributed by atoms with Crippen LogP contribution in [0.15, 0.2) is 0 Å². The molecule has 0 bridgehead atoms. The van der Waals surface area contributed by atoms with Gasteiger partial charge in [-0.2, -0.15) is 0 Å². The zero-order valence-corrected chi connectivity index (χ0v) is 9.69. The maximum atomic E-state index is 9.90. The molecule has 1 aliphatic heterocycles. The topological polar surface area (TPSA) is 32.7 Å². The van der Waals surface area contributed by atoms with Crippen molar-refractivity contribution in [3.8, 4) is 0 Å². The Hall–Kier alpha value is -0.120. The van der Waals surface area contributed by atoms with E-state index in [1.165, 1.54) is 19.3 Å². The second-order valence-electron chi connectivity index (χ2n) is 5.07. The van der Waals surface area contributed by atoms with Crippen LogP contribution in [-0.4, -0.2) is 49.0 Å². The predicted octanol–water partition coefficient (Wildman–Crippen LogP) is 1.26. The molecule has 0 aromatic heterocycles. The fourth-order valence-corrected chi connectivity index (χ4v) is 2.79. The zero-order chi connectivity index (χ0) is 10.7. The minimum absolute atomic E-state index is 0.0662. The molecule has 15 heavy (non-hydrogen) atoms. The Morgan fingerprint density at radius 3 is 2.73 bits per heavy atom. The Balaban J connectivity index is 1.78. The number of hydrogen-bond donors (Lipinski definition) is 1. The van der Waals surface area contributed by atoms with Gasteiger partial charge in [0.05, 0.1) is 12.7 Å². The number of nitrogens with zero attached hydrogens (tertiary/aromatic N) is 1. The van der Waals surface area contributed by atoms with E-state index in [2.05, 4.69) is 11.9 Å². The van der Waals surface area contributed by atoms with Gasteiger partial charge < -0.3 is 14.7 Å². The summed E-state index contributed by atoms with van der Waals surface area (Å²) in [5, 5.41) is 9.90. The highest BCUT2D eigenvalue weighted by Gasteiger charge is 2.27. The first-order valence-electron chi connectivity index (χ1n) is 6.23. The first kappa shape index (κ1) is 11.4. The lowest BCUT2D eigenvalue weighted by molar-refractivity contribution is 0.0415. The first-order chi connectivity index (χ1) is 7.27. The van der Waals surface area contributed by atoms with Gasteiger partial charge >= 0.3 is 0 Å². The molecule has 0 aromatic carbocycles. The molecule has 1 saturated heterocycles. The lowest BCUT2D eigenvalue weighted by atomic mass is 9.86. The molecule has 0 spiro atoms. The molecule has 0 amide bonds. The van der Waals surface area contributed by atoms with Gasteiger partial charge in [0.2, 0.25) is 0 Å². The van der Waals surface area contributed by atoms with Crippen molar-refractivity contribution in [2.75, 3.05) is 26.8 Å². The molecule has 1 saturated carbocycles. The summed E-state index contributed by atoms with van der Waals surface area (Å²) in [5.74, 6) is 0.490. The van der Waals surface area contributed by atoms with Crippen molar-refractivity contribution in [2.45, 2.75) is 44.2 Å². The fraction of sp³-hybridized carbons (Fsp3) is 1.00. The van der Waals surface area contributed by atoms with Gasteiger partial charge in [-0.1, -0.05) is 12.8 Å². The summed E-state index contributed by atoms with van der Waals surface area (Å²) in [4.78, 5) is 2.38. The van der Waals surface area contributed by atoms with Crippen LogP contribution in [0.4, 0.5) is 0 Å². The Bertz CT molecular complexity index is 192. The second-order valence-corrected chi connectivity index (χ2v) is 5.07. The van der Waals surface area contributed by atoms with E-state index in [4.69, 9.17) is 4.74 Å². The van der Waals surface area contributed by atoms with E-state index >= 15 is 0 Å². The van der Waals surface area contributed by atoms with Crippen LogP contribution in [0.1, 0.15) is 32.1 Å². The van der Waals surface area contributed by atoms with Crippen LogP contribution in [0, 0.1) is 5.92 Å². The number of likely N-dealkylation sites (N-methyl/N-ethyl adjacent to an activating group) is 1. The van der Waals surface area contributed by atoms with Crippen LogP contribution < -0.4 is 0 Å². The van der Waals surface area contributed by atoms with Crippen LogP contribution in [0.25, 0.3) is 0 Å². The van der Waals surface area contributed by atoms with Crippen molar-refractivity contribution >= 4 is 0 Å². The summed E-state index contributed by atoms with van der Waals surface area (Å²) in [5.41, 5.74) is 0. The molecule has 1 aliphatic carbocycles. The van der Waals surface area contributed by atoms with Crippen LogP contribution in [0.2, 0.25) is 0 Å². The lowest BCUT2D eigenvalue weighted by Crippen LogP contribution is -2.40. The summed E-state index contributed by atoms with van der Waals surface area (Å²) in [7, 11) is 2.17. The monoisotopic (exact) mass is 213 g/mol. The molecule has 2 fully saturated rings. The third-order valence-electron chi connectivity index (χ3n) is 3.92. The van der Waals surface area contributed by atoms with Gasteiger partial charge in [-0.05, 0) is 32.2 Å². The van der Waals surface area contributed by atoms with E-state index in [0.717, 1.165) is 32.6 Å². The third kappa shape index (κ3) is 2.92. The van der Waals surface area contributed by atoms with Crippen LogP contribution in [0.3, 0.4) is 0 Å². The van der Waals surface area contributed by atoms with Crippen molar-refractivity contribution in [1.82, 2.24) is 4.90 Å². The number of aliphatic hydroxyl groups excluding tert-OH is 1. The molecular formula is C12H23NO2. The minimum Gasteiger partial charge on any atom is -0.393 e. The number of rotatable bonds is 3. The summed E-state index contributed by atoms with van der Waals surface area (Å²) in [6.07, 6.45) is 5.77. The molecular weight excluding hydrogens is 190 g/mol. The van der Waals surface area contributed by atoms with E-state index in [0.29, 0.717) is 12.0 Å². The molecule has 2 aliphatic rings. The number of aliphatic hydroxyl groups is 1. The normalized spacial score (nSPS) is 37.4. The van der Waals surface area contributed by atoms with E-state index in [1.807, 2.05) is 0 Å². The molecule has 3 heteroatoms. The van der Waals surface area contributed by atoms with Crippen molar-refractivity contribution in [3.63, 3.8) is 0 Å². The molecule has 0 aromatic rings.